The number of carbonyl (C=O) groups excluding carboxylic acids is 1. The number of carbonyl (C=O) groups is 1. The molecule has 0 saturated heterocycles. The van der Waals surface area contributed by atoms with Gasteiger partial charge in [-0.2, -0.15) is 0 Å². The molecule has 1 saturated carbocycles. The molecular weight excluding hydrogens is 120 g/mol. The van der Waals surface area contributed by atoms with Crippen LogP contribution in [0.1, 0.15) is 12.8 Å². The van der Waals surface area contributed by atoms with Gasteiger partial charge in [-0.3, -0.25) is 4.79 Å². The van der Waals surface area contributed by atoms with E-state index >= 15 is 0 Å². The molecule has 1 fully saturated rings. The normalized spacial score (nSPS) is 35.6. The highest BCUT2D eigenvalue weighted by Gasteiger charge is 2.32. The van der Waals surface area contributed by atoms with Crippen molar-refractivity contribution in [3.8, 4) is 0 Å². The fraction of sp³-hybridized carbons (Fsp3) is 0.833. The van der Waals surface area contributed by atoms with E-state index in [1.54, 1.807) is 0 Å². The molecule has 0 aromatic rings. The van der Waals surface area contributed by atoms with E-state index in [1.807, 2.05) is 0 Å². The van der Waals surface area contributed by atoms with E-state index < -0.39 is 12.2 Å². The summed E-state index contributed by atoms with van der Waals surface area (Å²) in [6, 6.07) is 0. The van der Waals surface area contributed by atoms with Crippen molar-refractivity contribution < 1.29 is 14.6 Å². The van der Waals surface area contributed by atoms with Crippen LogP contribution in [0, 0.1) is 0 Å². The van der Waals surface area contributed by atoms with Crippen molar-refractivity contribution in [2.45, 2.75) is 25.0 Å². The minimum Gasteiger partial charge on any atom is -0.390 e. The standard InChI is InChI=1S/C6H10O3/c1-9-6-4(7)2-3-5(6)8/h4,6-7H,2-3H2,1H3. The second-order valence-corrected chi connectivity index (χ2v) is 2.23. The molecule has 1 rings (SSSR count). The van der Waals surface area contributed by atoms with Gasteiger partial charge in [0.25, 0.3) is 0 Å². The third-order valence-electron chi connectivity index (χ3n) is 1.61. The van der Waals surface area contributed by atoms with Gasteiger partial charge in [0.15, 0.2) is 5.78 Å². The molecule has 2 unspecified atom stereocenters. The maximum atomic E-state index is 10.7. The van der Waals surface area contributed by atoms with Crippen LogP contribution in [0.15, 0.2) is 0 Å². The summed E-state index contributed by atoms with van der Waals surface area (Å²) in [5, 5.41) is 9.01. The zero-order chi connectivity index (χ0) is 6.85. The van der Waals surface area contributed by atoms with E-state index in [0.29, 0.717) is 12.8 Å². The first-order valence-corrected chi connectivity index (χ1v) is 2.99. The van der Waals surface area contributed by atoms with Crippen molar-refractivity contribution in [3.05, 3.63) is 0 Å². The van der Waals surface area contributed by atoms with Gasteiger partial charge in [-0.25, -0.2) is 0 Å². The van der Waals surface area contributed by atoms with Crippen LogP contribution in [0.25, 0.3) is 0 Å². The molecule has 0 amide bonds. The lowest BCUT2D eigenvalue weighted by atomic mass is 10.2. The van der Waals surface area contributed by atoms with Crippen LogP contribution in [-0.4, -0.2) is 30.2 Å². The van der Waals surface area contributed by atoms with Gasteiger partial charge >= 0.3 is 0 Å². The Kier molecular flexibility index (Phi) is 1.83. The number of aliphatic hydroxyl groups is 1. The molecule has 0 aromatic heterocycles. The summed E-state index contributed by atoms with van der Waals surface area (Å²) in [5.41, 5.74) is 0. The summed E-state index contributed by atoms with van der Waals surface area (Å²) in [5.74, 6) is 0.0185. The molecule has 1 aliphatic carbocycles. The Morgan fingerprint density at radius 1 is 1.78 bits per heavy atom. The van der Waals surface area contributed by atoms with Crippen molar-refractivity contribution in [1.82, 2.24) is 0 Å². The Labute approximate surface area is 53.6 Å². The minimum atomic E-state index is -0.567. The van der Waals surface area contributed by atoms with Crippen molar-refractivity contribution in [3.63, 3.8) is 0 Å². The summed E-state index contributed by atoms with van der Waals surface area (Å²) in [6.45, 7) is 0. The Hall–Kier alpha value is -0.410. The second-order valence-electron chi connectivity index (χ2n) is 2.23. The predicted molar refractivity (Wildman–Crippen MR) is 31.0 cm³/mol. The van der Waals surface area contributed by atoms with Crippen LogP contribution < -0.4 is 0 Å². The molecule has 0 radical (unpaired) electrons. The van der Waals surface area contributed by atoms with Gasteiger partial charge in [0.05, 0.1) is 6.10 Å². The Morgan fingerprint density at radius 2 is 2.44 bits per heavy atom. The Balaban J connectivity index is 2.55. The summed E-state index contributed by atoms with van der Waals surface area (Å²) in [7, 11) is 1.44. The Morgan fingerprint density at radius 3 is 2.67 bits per heavy atom. The average Bonchev–Trinajstić information content (AvgIpc) is 2.12. The van der Waals surface area contributed by atoms with Gasteiger partial charge in [-0.15, -0.1) is 0 Å². The maximum absolute atomic E-state index is 10.7. The molecule has 52 valence electrons. The summed E-state index contributed by atoms with van der Waals surface area (Å²) in [6.07, 6.45) is -0.107. The smallest absolute Gasteiger partial charge is 0.164 e. The Bertz CT molecular complexity index is 121. The first-order valence-electron chi connectivity index (χ1n) is 2.99. The molecule has 1 N–H and O–H groups in total. The largest absolute Gasteiger partial charge is 0.390 e. The minimum absolute atomic E-state index is 0.0185. The molecule has 9 heavy (non-hydrogen) atoms. The second kappa shape index (κ2) is 2.45. The number of ether oxygens (including phenoxy) is 1. The van der Waals surface area contributed by atoms with Gasteiger partial charge in [0.2, 0.25) is 0 Å². The van der Waals surface area contributed by atoms with Crippen LogP contribution in [-0.2, 0) is 9.53 Å². The van der Waals surface area contributed by atoms with Crippen LogP contribution in [0.3, 0.4) is 0 Å². The van der Waals surface area contributed by atoms with Gasteiger partial charge in [0, 0.05) is 13.5 Å². The van der Waals surface area contributed by atoms with Crippen molar-refractivity contribution in [1.29, 1.82) is 0 Å². The van der Waals surface area contributed by atoms with Crippen LogP contribution in [0.5, 0.6) is 0 Å². The number of aliphatic hydroxyl groups excluding tert-OH is 1. The molecule has 1 aliphatic rings. The number of methoxy groups -OCH3 is 1. The highest BCUT2D eigenvalue weighted by molar-refractivity contribution is 5.85. The summed E-state index contributed by atoms with van der Waals surface area (Å²) in [4.78, 5) is 10.7. The van der Waals surface area contributed by atoms with E-state index in [1.165, 1.54) is 7.11 Å². The van der Waals surface area contributed by atoms with Gasteiger partial charge in [0.1, 0.15) is 6.10 Å². The first-order chi connectivity index (χ1) is 4.25. The van der Waals surface area contributed by atoms with Crippen LogP contribution >= 0.6 is 0 Å². The zero-order valence-electron chi connectivity index (χ0n) is 5.33. The summed E-state index contributed by atoms with van der Waals surface area (Å²) < 4.78 is 4.74. The van der Waals surface area contributed by atoms with E-state index in [-0.39, 0.29) is 5.78 Å². The fourth-order valence-electron chi connectivity index (χ4n) is 1.09. The molecule has 0 aliphatic heterocycles. The highest BCUT2D eigenvalue weighted by Crippen LogP contribution is 2.17. The van der Waals surface area contributed by atoms with Crippen LogP contribution in [0.4, 0.5) is 0 Å². The summed E-state index contributed by atoms with van der Waals surface area (Å²) >= 11 is 0. The molecule has 0 aromatic carbocycles. The fourth-order valence-corrected chi connectivity index (χ4v) is 1.09. The first kappa shape index (κ1) is 6.71. The van der Waals surface area contributed by atoms with Gasteiger partial charge in [-0.1, -0.05) is 0 Å². The van der Waals surface area contributed by atoms with Gasteiger partial charge < -0.3 is 9.84 Å². The number of hydrogen-bond acceptors (Lipinski definition) is 3. The quantitative estimate of drug-likeness (QED) is 0.531. The lowest BCUT2D eigenvalue weighted by molar-refractivity contribution is -0.128. The SMILES string of the molecule is COC1C(=O)CCC1O. The van der Waals surface area contributed by atoms with E-state index in [4.69, 9.17) is 9.84 Å². The zero-order valence-corrected chi connectivity index (χ0v) is 5.33. The number of Topliss-reactive ketones (excluding diaryl/α,β-unsaturated/α-hetero) is 1. The van der Waals surface area contributed by atoms with Gasteiger partial charge in [-0.05, 0) is 6.42 Å². The number of ketones is 1. The molecule has 3 nitrogen and oxygen atoms in total. The topological polar surface area (TPSA) is 46.5 Å². The molecular formula is C6H10O3. The highest BCUT2D eigenvalue weighted by atomic mass is 16.5. The molecule has 2 atom stereocenters. The van der Waals surface area contributed by atoms with E-state index in [0.717, 1.165) is 0 Å². The maximum Gasteiger partial charge on any atom is 0.164 e. The molecule has 0 bridgehead atoms. The van der Waals surface area contributed by atoms with Crippen LogP contribution in [0.2, 0.25) is 0 Å². The molecule has 0 heterocycles. The predicted octanol–water partition coefficient (Wildman–Crippen LogP) is -0.275. The van der Waals surface area contributed by atoms with E-state index in [2.05, 4.69) is 0 Å². The lowest BCUT2D eigenvalue weighted by Crippen LogP contribution is -2.27. The number of rotatable bonds is 1. The monoisotopic (exact) mass is 130 g/mol. The number of hydrogen-bond donors (Lipinski definition) is 1. The molecule has 3 heteroatoms. The third-order valence-corrected chi connectivity index (χ3v) is 1.61. The van der Waals surface area contributed by atoms with E-state index in [9.17, 15) is 4.79 Å². The van der Waals surface area contributed by atoms with Crippen molar-refractivity contribution in [2.24, 2.45) is 0 Å². The molecule has 0 spiro atoms. The van der Waals surface area contributed by atoms with Crippen molar-refractivity contribution >= 4 is 5.78 Å². The van der Waals surface area contributed by atoms with Crippen molar-refractivity contribution in [2.75, 3.05) is 7.11 Å². The average molecular weight is 130 g/mol. The third kappa shape index (κ3) is 1.11. The lowest BCUT2D eigenvalue weighted by Gasteiger charge is -2.08.